The zero-order valence-corrected chi connectivity index (χ0v) is 14.4. The minimum atomic E-state index is 0.349. The predicted molar refractivity (Wildman–Crippen MR) is 94.7 cm³/mol. The Morgan fingerprint density at radius 1 is 1.00 bits per heavy atom. The van der Waals surface area contributed by atoms with E-state index in [-0.39, 0.29) is 0 Å². The maximum Gasteiger partial charge on any atom is 0.0542 e. The smallest absolute Gasteiger partial charge is 0.0542 e. The number of halogens is 3. The van der Waals surface area contributed by atoms with Gasteiger partial charge in [0.15, 0.2) is 0 Å². The van der Waals surface area contributed by atoms with Gasteiger partial charge in [-0.1, -0.05) is 35.3 Å². The van der Waals surface area contributed by atoms with Crippen LogP contribution in [-0.4, -0.2) is 0 Å². The Balaban J connectivity index is 1.86. The molecule has 0 aromatic heterocycles. The summed E-state index contributed by atoms with van der Waals surface area (Å²) < 4.78 is 1.15. The second kappa shape index (κ2) is 6.12. The summed E-state index contributed by atoms with van der Waals surface area (Å²) in [4.78, 5) is 0. The first kappa shape index (κ1) is 14.5. The zero-order valence-electron chi connectivity index (χ0n) is 10.7. The Bertz CT molecular complexity index is 608. The number of benzene rings is 2. The van der Waals surface area contributed by atoms with Gasteiger partial charge in [0.05, 0.1) is 6.04 Å². The molecule has 2 aromatic rings. The van der Waals surface area contributed by atoms with E-state index in [1.165, 1.54) is 18.4 Å². The molecule has 1 nitrogen and oxygen atoms in total. The highest BCUT2D eigenvalue weighted by molar-refractivity contribution is 14.1. The number of hydrogen-bond donors (Lipinski definition) is 1. The normalized spacial score (nSPS) is 15.9. The van der Waals surface area contributed by atoms with E-state index in [4.69, 9.17) is 23.2 Å². The van der Waals surface area contributed by atoms with Crippen LogP contribution in [0.3, 0.4) is 0 Å². The number of anilines is 1. The number of nitrogens with one attached hydrogen (secondary N) is 1. The molecule has 20 heavy (non-hydrogen) atoms. The lowest BCUT2D eigenvalue weighted by atomic mass is 10.0. The van der Waals surface area contributed by atoms with Crippen molar-refractivity contribution in [2.75, 3.05) is 5.32 Å². The minimum Gasteiger partial charge on any atom is -0.377 e. The van der Waals surface area contributed by atoms with Crippen LogP contribution in [0, 0.1) is 9.49 Å². The van der Waals surface area contributed by atoms with Crippen molar-refractivity contribution in [3.05, 3.63) is 61.6 Å². The Hall–Kier alpha value is -0.450. The quantitative estimate of drug-likeness (QED) is 0.587. The molecule has 1 N–H and O–H groups in total. The Morgan fingerprint density at radius 2 is 1.65 bits per heavy atom. The molecule has 104 valence electrons. The average molecular weight is 418 g/mol. The average Bonchev–Trinajstić information content (AvgIpc) is 3.24. The molecule has 1 aliphatic rings. The molecule has 0 amide bonds. The van der Waals surface area contributed by atoms with Crippen molar-refractivity contribution in [2.45, 2.75) is 18.9 Å². The van der Waals surface area contributed by atoms with Crippen LogP contribution in [-0.2, 0) is 0 Å². The third-order valence-corrected chi connectivity index (χ3v) is 4.94. The van der Waals surface area contributed by atoms with Gasteiger partial charge in [-0.15, -0.1) is 0 Å². The van der Waals surface area contributed by atoms with Crippen molar-refractivity contribution < 1.29 is 0 Å². The maximum absolute atomic E-state index is 6.02. The summed E-state index contributed by atoms with van der Waals surface area (Å²) in [5.74, 6) is 0.711. The SMILES string of the molecule is Clc1ccc(C(Nc2ccc(Cl)cc2I)C2CC2)cc1. The van der Waals surface area contributed by atoms with Crippen LogP contribution < -0.4 is 5.32 Å². The summed E-state index contributed by atoms with van der Waals surface area (Å²) in [6.07, 6.45) is 2.56. The van der Waals surface area contributed by atoms with E-state index in [1.807, 2.05) is 24.3 Å². The first-order chi connectivity index (χ1) is 9.63. The lowest BCUT2D eigenvalue weighted by molar-refractivity contribution is 0.678. The van der Waals surface area contributed by atoms with Crippen LogP contribution in [0.4, 0.5) is 5.69 Å². The molecule has 0 saturated heterocycles. The predicted octanol–water partition coefficient (Wildman–Crippen LogP) is 6.16. The molecule has 1 atom stereocenters. The van der Waals surface area contributed by atoms with E-state index in [9.17, 15) is 0 Å². The molecular formula is C16H14Cl2IN. The van der Waals surface area contributed by atoms with Crippen molar-refractivity contribution in [1.82, 2.24) is 0 Å². The van der Waals surface area contributed by atoms with Crippen molar-refractivity contribution in [3.63, 3.8) is 0 Å². The van der Waals surface area contributed by atoms with Gasteiger partial charge in [0, 0.05) is 19.3 Å². The molecule has 1 unspecified atom stereocenters. The first-order valence-corrected chi connectivity index (χ1v) is 8.44. The van der Waals surface area contributed by atoms with Crippen molar-refractivity contribution in [1.29, 1.82) is 0 Å². The van der Waals surface area contributed by atoms with Crippen LogP contribution >= 0.6 is 45.8 Å². The highest BCUT2D eigenvalue weighted by Crippen LogP contribution is 2.43. The zero-order chi connectivity index (χ0) is 14.1. The Morgan fingerprint density at radius 3 is 2.25 bits per heavy atom. The topological polar surface area (TPSA) is 12.0 Å². The van der Waals surface area contributed by atoms with Gasteiger partial charge in [-0.25, -0.2) is 0 Å². The van der Waals surface area contributed by atoms with E-state index in [0.717, 1.165) is 19.3 Å². The number of hydrogen-bond acceptors (Lipinski definition) is 1. The van der Waals surface area contributed by atoms with Crippen LogP contribution in [0.1, 0.15) is 24.4 Å². The van der Waals surface area contributed by atoms with Crippen LogP contribution in [0.5, 0.6) is 0 Å². The summed E-state index contributed by atoms with van der Waals surface area (Å²) in [7, 11) is 0. The van der Waals surface area contributed by atoms with Gasteiger partial charge < -0.3 is 5.32 Å². The molecule has 1 fully saturated rings. The largest absolute Gasteiger partial charge is 0.377 e. The molecule has 1 aliphatic carbocycles. The molecule has 0 radical (unpaired) electrons. The van der Waals surface area contributed by atoms with Gasteiger partial charge in [-0.3, -0.25) is 0 Å². The second-order valence-corrected chi connectivity index (χ2v) is 7.17. The van der Waals surface area contributed by atoms with E-state index in [0.29, 0.717) is 12.0 Å². The molecule has 0 spiro atoms. The molecule has 0 aliphatic heterocycles. The third-order valence-electron chi connectivity index (χ3n) is 3.56. The molecule has 0 heterocycles. The highest BCUT2D eigenvalue weighted by atomic mass is 127. The summed E-state index contributed by atoms with van der Waals surface area (Å²) in [6.45, 7) is 0. The van der Waals surface area contributed by atoms with Crippen LogP contribution in [0.2, 0.25) is 10.0 Å². The van der Waals surface area contributed by atoms with Gasteiger partial charge in [0.2, 0.25) is 0 Å². The molecular weight excluding hydrogens is 404 g/mol. The molecule has 4 heteroatoms. The fourth-order valence-electron chi connectivity index (χ4n) is 2.35. The van der Waals surface area contributed by atoms with E-state index in [2.05, 4.69) is 46.1 Å². The molecule has 2 aromatic carbocycles. The Labute approximate surface area is 142 Å². The summed E-state index contributed by atoms with van der Waals surface area (Å²) in [5, 5.41) is 5.22. The molecule has 1 saturated carbocycles. The Kier molecular flexibility index (Phi) is 4.43. The number of rotatable bonds is 4. The van der Waals surface area contributed by atoms with Crippen molar-refractivity contribution >= 4 is 51.5 Å². The summed E-state index contributed by atoms with van der Waals surface area (Å²) in [6, 6.07) is 14.5. The van der Waals surface area contributed by atoms with Gasteiger partial charge in [-0.05, 0) is 77.2 Å². The monoisotopic (exact) mass is 417 g/mol. The summed E-state index contributed by atoms with van der Waals surface area (Å²) >= 11 is 14.3. The lowest BCUT2D eigenvalue weighted by Gasteiger charge is -2.21. The first-order valence-electron chi connectivity index (χ1n) is 6.60. The minimum absolute atomic E-state index is 0.349. The van der Waals surface area contributed by atoms with E-state index >= 15 is 0 Å². The van der Waals surface area contributed by atoms with E-state index < -0.39 is 0 Å². The van der Waals surface area contributed by atoms with Crippen LogP contribution in [0.15, 0.2) is 42.5 Å². The van der Waals surface area contributed by atoms with Gasteiger partial charge in [-0.2, -0.15) is 0 Å². The molecule has 3 rings (SSSR count). The third kappa shape index (κ3) is 3.41. The van der Waals surface area contributed by atoms with Gasteiger partial charge in [0.25, 0.3) is 0 Å². The van der Waals surface area contributed by atoms with Crippen LogP contribution in [0.25, 0.3) is 0 Å². The summed E-state index contributed by atoms with van der Waals surface area (Å²) in [5.41, 5.74) is 2.43. The van der Waals surface area contributed by atoms with Crippen molar-refractivity contribution in [3.8, 4) is 0 Å². The van der Waals surface area contributed by atoms with E-state index in [1.54, 1.807) is 0 Å². The maximum atomic E-state index is 6.02. The standard InChI is InChI=1S/C16H14Cl2IN/c17-12-5-3-11(4-6-12)16(10-1-2-10)20-15-8-7-13(18)9-14(15)19/h3-10,16,20H,1-2H2. The van der Waals surface area contributed by atoms with Gasteiger partial charge >= 0.3 is 0 Å². The highest BCUT2D eigenvalue weighted by Gasteiger charge is 2.32. The molecule has 0 bridgehead atoms. The fraction of sp³-hybridized carbons (Fsp3) is 0.250. The van der Waals surface area contributed by atoms with Crippen molar-refractivity contribution in [2.24, 2.45) is 5.92 Å². The second-order valence-electron chi connectivity index (χ2n) is 5.14. The van der Waals surface area contributed by atoms with Gasteiger partial charge in [0.1, 0.15) is 0 Å². The lowest BCUT2D eigenvalue weighted by Crippen LogP contribution is -2.13. The fourth-order valence-corrected chi connectivity index (χ4v) is 3.50.